The molecule has 0 aromatic rings. The van der Waals surface area contributed by atoms with Crippen molar-refractivity contribution < 1.29 is 8.42 Å². The third-order valence-corrected chi connectivity index (χ3v) is 5.57. The molecule has 4 saturated carbocycles. The lowest BCUT2D eigenvalue weighted by atomic mass is 10.1. The van der Waals surface area contributed by atoms with Crippen LogP contribution in [0, 0.1) is 23.7 Å². The average Bonchev–Trinajstić information content (AvgIpc) is 2.35. The van der Waals surface area contributed by atoms with Crippen molar-refractivity contribution in [2.24, 2.45) is 23.7 Å². The van der Waals surface area contributed by atoms with Crippen molar-refractivity contribution in [3.63, 3.8) is 0 Å². The Kier molecular flexibility index (Phi) is 0.889. The monoisotopic (exact) mass is 172 g/mol. The molecule has 0 aliphatic heterocycles. The molecule has 0 amide bonds. The summed E-state index contributed by atoms with van der Waals surface area (Å²) in [5.41, 5.74) is 0. The van der Waals surface area contributed by atoms with E-state index in [2.05, 4.69) is 0 Å². The van der Waals surface area contributed by atoms with Gasteiger partial charge < -0.3 is 0 Å². The lowest BCUT2D eigenvalue weighted by molar-refractivity contribution is 0.547. The van der Waals surface area contributed by atoms with Crippen LogP contribution in [0.5, 0.6) is 0 Å². The molecule has 4 bridgehead atoms. The Morgan fingerprint density at radius 3 is 1.91 bits per heavy atom. The second kappa shape index (κ2) is 1.51. The van der Waals surface area contributed by atoms with Gasteiger partial charge in [-0.3, -0.25) is 0 Å². The maximum Gasteiger partial charge on any atom is 0.150 e. The Morgan fingerprint density at radius 2 is 1.73 bits per heavy atom. The maximum atomic E-state index is 11.3. The highest BCUT2D eigenvalue weighted by atomic mass is 32.2. The Hall–Kier alpha value is -0.0500. The number of rotatable bonds is 1. The van der Waals surface area contributed by atoms with Crippen LogP contribution in [0.1, 0.15) is 12.8 Å². The van der Waals surface area contributed by atoms with Gasteiger partial charge in [0.15, 0.2) is 9.84 Å². The number of hydrogen-bond donors (Lipinski definition) is 0. The van der Waals surface area contributed by atoms with Crippen LogP contribution in [0.25, 0.3) is 0 Å². The van der Waals surface area contributed by atoms with Crippen molar-refractivity contribution >= 4 is 9.84 Å². The normalized spacial score (nSPS) is 58.5. The van der Waals surface area contributed by atoms with Gasteiger partial charge in [0.25, 0.3) is 0 Å². The molecule has 3 heteroatoms. The molecule has 0 aromatic carbocycles. The smallest absolute Gasteiger partial charge is 0.150 e. The lowest BCUT2D eigenvalue weighted by Gasteiger charge is -2.11. The predicted octanol–water partition coefficient (Wildman–Crippen LogP) is 0.685. The van der Waals surface area contributed by atoms with Crippen molar-refractivity contribution in [1.82, 2.24) is 0 Å². The number of hydrogen-bond acceptors (Lipinski definition) is 2. The molecule has 2 unspecified atom stereocenters. The summed E-state index contributed by atoms with van der Waals surface area (Å²) in [5, 5.41) is 0.0671. The van der Waals surface area contributed by atoms with E-state index in [1.54, 1.807) is 0 Å². The van der Waals surface area contributed by atoms with Gasteiger partial charge in [0.1, 0.15) is 0 Å². The standard InChI is InChI=1S/C8H12O2S/c1-11(9,10)8-4-2-5-6(3-4)7(5)8/h4-8H,2-3H2,1H3/t4?,5-,6+,7?,8-/m0/s1. The Labute approximate surface area is 66.9 Å². The van der Waals surface area contributed by atoms with Crippen molar-refractivity contribution in [2.45, 2.75) is 18.1 Å². The van der Waals surface area contributed by atoms with E-state index in [0.717, 1.165) is 11.8 Å². The topological polar surface area (TPSA) is 34.1 Å². The van der Waals surface area contributed by atoms with Gasteiger partial charge in [0.05, 0.1) is 5.25 Å². The van der Waals surface area contributed by atoms with Gasteiger partial charge in [-0.2, -0.15) is 0 Å². The Morgan fingerprint density at radius 1 is 1.18 bits per heavy atom. The molecule has 0 N–H and O–H groups in total. The van der Waals surface area contributed by atoms with Crippen LogP contribution in [-0.2, 0) is 9.84 Å². The van der Waals surface area contributed by atoms with Gasteiger partial charge in [0.2, 0.25) is 0 Å². The van der Waals surface area contributed by atoms with E-state index in [4.69, 9.17) is 0 Å². The molecular weight excluding hydrogens is 160 g/mol. The van der Waals surface area contributed by atoms with Gasteiger partial charge in [0, 0.05) is 6.26 Å². The van der Waals surface area contributed by atoms with Crippen LogP contribution >= 0.6 is 0 Å². The molecule has 0 heterocycles. The van der Waals surface area contributed by atoms with Crippen LogP contribution < -0.4 is 0 Å². The van der Waals surface area contributed by atoms with Crippen LogP contribution in [0.2, 0.25) is 0 Å². The first-order chi connectivity index (χ1) is 5.09. The minimum atomic E-state index is -2.72. The van der Waals surface area contributed by atoms with E-state index in [9.17, 15) is 8.42 Å². The van der Waals surface area contributed by atoms with Crippen molar-refractivity contribution in [3.8, 4) is 0 Å². The second-order valence-electron chi connectivity index (χ2n) is 4.43. The van der Waals surface area contributed by atoms with Crippen LogP contribution in [0.3, 0.4) is 0 Å². The van der Waals surface area contributed by atoms with E-state index < -0.39 is 9.84 Å². The van der Waals surface area contributed by atoms with Crippen molar-refractivity contribution in [3.05, 3.63) is 0 Å². The molecule has 11 heavy (non-hydrogen) atoms. The minimum absolute atomic E-state index is 0.0671. The Balaban J connectivity index is 2.04. The largest absolute Gasteiger partial charge is 0.229 e. The molecule has 4 aliphatic carbocycles. The molecule has 4 rings (SSSR count). The summed E-state index contributed by atoms with van der Waals surface area (Å²) < 4.78 is 22.6. The Bertz CT molecular complexity index is 292. The zero-order valence-electron chi connectivity index (χ0n) is 6.53. The first kappa shape index (κ1) is 6.46. The molecular formula is C8H12O2S. The van der Waals surface area contributed by atoms with Crippen molar-refractivity contribution in [2.75, 3.05) is 6.26 Å². The first-order valence-corrected chi connectivity index (χ1v) is 6.23. The molecule has 62 valence electrons. The summed E-state index contributed by atoms with van der Waals surface area (Å²) in [7, 11) is -2.72. The zero-order valence-corrected chi connectivity index (χ0v) is 7.34. The van der Waals surface area contributed by atoms with Crippen LogP contribution in [0.4, 0.5) is 0 Å². The van der Waals surface area contributed by atoms with Gasteiger partial charge >= 0.3 is 0 Å². The summed E-state index contributed by atoms with van der Waals surface area (Å²) in [5.74, 6) is 2.78. The molecule has 5 atom stereocenters. The molecule has 2 nitrogen and oxygen atoms in total. The van der Waals surface area contributed by atoms with Crippen molar-refractivity contribution in [1.29, 1.82) is 0 Å². The fourth-order valence-corrected chi connectivity index (χ4v) is 5.53. The summed E-state index contributed by atoms with van der Waals surface area (Å²) >= 11 is 0. The van der Waals surface area contributed by atoms with E-state index in [1.165, 1.54) is 19.1 Å². The molecule has 0 saturated heterocycles. The molecule has 0 spiro atoms. The fraction of sp³-hybridized carbons (Fsp3) is 1.00. The van der Waals surface area contributed by atoms with Gasteiger partial charge in [-0.05, 0) is 36.5 Å². The maximum absolute atomic E-state index is 11.3. The lowest BCUT2D eigenvalue weighted by Crippen LogP contribution is -2.23. The summed E-state index contributed by atoms with van der Waals surface area (Å²) in [6.07, 6.45) is 3.84. The second-order valence-corrected chi connectivity index (χ2v) is 6.63. The zero-order chi connectivity index (χ0) is 7.80. The van der Waals surface area contributed by atoms with Gasteiger partial charge in [-0.15, -0.1) is 0 Å². The molecule has 4 fully saturated rings. The SMILES string of the molecule is CS(=O)(=O)[C@H]1C2C[C@@H]3C1[C@@H]3C2. The summed E-state index contributed by atoms with van der Waals surface area (Å²) in [6, 6.07) is 0. The summed E-state index contributed by atoms with van der Waals surface area (Å²) in [6.45, 7) is 0. The van der Waals surface area contributed by atoms with E-state index in [-0.39, 0.29) is 5.25 Å². The first-order valence-electron chi connectivity index (χ1n) is 4.28. The van der Waals surface area contributed by atoms with E-state index in [0.29, 0.717) is 11.8 Å². The molecule has 0 radical (unpaired) electrons. The number of sulfone groups is 1. The highest BCUT2D eigenvalue weighted by Crippen LogP contribution is 2.71. The highest BCUT2D eigenvalue weighted by Gasteiger charge is 2.70. The average molecular weight is 172 g/mol. The highest BCUT2D eigenvalue weighted by molar-refractivity contribution is 7.91. The summed E-state index contributed by atoms with van der Waals surface area (Å²) in [4.78, 5) is 0. The predicted molar refractivity (Wildman–Crippen MR) is 41.8 cm³/mol. The molecule has 4 aliphatic rings. The fourth-order valence-electron chi connectivity index (χ4n) is 3.64. The van der Waals surface area contributed by atoms with Gasteiger partial charge in [-0.25, -0.2) is 8.42 Å². The van der Waals surface area contributed by atoms with Gasteiger partial charge in [-0.1, -0.05) is 0 Å². The van der Waals surface area contributed by atoms with E-state index in [1.807, 2.05) is 0 Å². The third-order valence-electron chi connectivity index (χ3n) is 3.89. The minimum Gasteiger partial charge on any atom is -0.229 e. The molecule has 0 aromatic heterocycles. The quantitative estimate of drug-likeness (QED) is 0.583. The third kappa shape index (κ3) is 0.616. The van der Waals surface area contributed by atoms with E-state index >= 15 is 0 Å². The van der Waals surface area contributed by atoms with Crippen LogP contribution in [-0.4, -0.2) is 19.9 Å². The van der Waals surface area contributed by atoms with Crippen LogP contribution in [0.15, 0.2) is 0 Å².